The van der Waals surface area contributed by atoms with Gasteiger partial charge in [0.2, 0.25) is 5.91 Å². The number of hydrogen-bond donors (Lipinski definition) is 2. The maximum absolute atomic E-state index is 11.9. The van der Waals surface area contributed by atoms with Crippen molar-refractivity contribution in [3.05, 3.63) is 28.8 Å². The molecule has 2 rings (SSSR count). The number of benzene rings is 1. The van der Waals surface area contributed by atoms with Crippen molar-refractivity contribution in [3.63, 3.8) is 0 Å². The molecule has 104 valence electrons. The molecule has 1 aliphatic rings. The Labute approximate surface area is 119 Å². The molecule has 0 aromatic heterocycles. The van der Waals surface area contributed by atoms with Crippen molar-refractivity contribution in [1.29, 1.82) is 0 Å². The van der Waals surface area contributed by atoms with Crippen molar-refractivity contribution < 1.29 is 4.79 Å². The molecule has 1 heterocycles. The lowest BCUT2D eigenvalue weighted by atomic mass is 9.93. The highest BCUT2D eigenvalue weighted by Crippen LogP contribution is 2.24. The molecule has 0 saturated carbocycles. The fraction of sp³-hybridized carbons (Fsp3) is 0.533. The molecule has 1 saturated heterocycles. The van der Waals surface area contributed by atoms with E-state index in [4.69, 9.17) is 11.6 Å². The van der Waals surface area contributed by atoms with Gasteiger partial charge in [-0.05, 0) is 62.9 Å². The first-order valence-corrected chi connectivity index (χ1v) is 7.30. The zero-order chi connectivity index (χ0) is 13.7. The summed E-state index contributed by atoms with van der Waals surface area (Å²) in [5.74, 6) is 0.774. The summed E-state index contributed by atoms with van der Waals surface area (Å²) in [7, 11) is 0. The summed E-state index contributed by atoms with van der Waals surface area (Å²) in [5, 5.41) is 6.98. The number of piperidine rings is 1. The summed E-state index contributed by atoms with van der Waals surface area (Å²) >= 11 is 6.04. The van der Waals surface area contributed by atoms with Crippen molar-refractivity contribution in [2.24, 2.45) is 5.92 Å². The molecule has 0 radical (unpaired) electrons. The molecule has 1 amide bonds. The van der Waals surface area contributed by atoms with Gasteiger partial charge in [-0.1, -0.05) is 17.7 Å². The summed E-state index contributed by atoms with van der Waals surface area (Å²) in [5.41, 5.74) is 1.75. The summed E-state index contributed by atoms with van der Waals surface area (Å²) in [6.45, 7) is 4.09. The van der Waals surface area contributed by atoms with Crippen LogP contribution >= 0.6 is 11.6 Å². The molecule has 0 aliphatic carbocycles. The highest BCUT2D eigenvalue weighted by Gasteiger charge is 2.15. The van der Waals surface area contributed by atoms with E-state index >= 15 is 0 Å². The summed E-state index contributed by atoms with van der Waals surface area (Å²) in [4.78, 5) is 11.9. The van der Waals surface area contributed by atoms with E-state index in [9.17, 15) is 4.79 Å². The fourth-order valence-electron chi connectivity index (χ4n) is 2.46. The first kappa shape index (κ1) is 14.4. The molecule has 1 aromatic carbocycles. The Bertz CT molecular complexity index is 442. The molecule has 4 heteroatoms. The molecule has 19 heavy (non-hydrogen) atoms. The molecule has 1 aliphatic heterocycles. The smallest absolute Gasteiger partial charge is 0.224 e. The Kier molecular flexibility index (Phi) is 5.23. The summed E-state index contributed by atoms with van der Waals surface area (Å²) in [6.07, 6.45) is 3.94. The van der Waals surface area contributed by atoms with E-state index in [-0.39, 0.29) is 5.91 Å². The Hall–Kier alpha value is -1.06. The molecule has 2 N–H and O–H groups in total. The zero-order valence-electron chi connectivity index (χ0n) is 11.3. The monoisotopic (exact) mass is 280 g/mol. The number of anilines is 1. The maximum Gasteiger partial charge on any atom is 0.224 e. The Morgan fingerprint density at radius 1 is 1.42 bits per heavy atom. The third-order valence-corrected chi connectivity index (χ3v) is 4.19. The quantitative estimate of drug-likeness (QED) is 0.888. The van der Waals surface area contributed by atoms with Gasteiger partial charge in [0.15, 0.2) is 0 Å². The number of halogens is 1. The minimum atomic E-state index is 0.0869. The second-order valence-electron chi connectivity index (χ2n) is 5.19. The topological polar surface area (TPSA) is 41.1 Å². The predicted molar refractivity (Wildman–Crippen MR) is 79.6 cm³/mol. The van der Waals surface area contributed by atoms with Crippen molar-refractivity contribution in [2.75, 3.05) is 18.4 Å². The number of amides is 1. The van der Waals surface area contributed by atoms with E-state index in [0.717, 1.165) is 30.8 Å². The molecule has 0 spiro atoms. The second-order valence-corrected chi connectivity index (χ2v) is 5.60. The zero-order valence-corrected chi connectivity index (χ0v) is 12.1. The minimum Gasteiger partial charge on any atom is -0.326 e. The van der Waals surface area contributed by atoms with E-state index in [2.05, 4.69) is 10.6 Å². The maximum atomic E-state index is 11.9. The number of carbonyl (C=O) groups is 1. The Morgan fingerprint density at radius 3 is 2.89 bits per heavy atom. The van der Waals surface area contributed by atoms with Gasteiger partial charge >= 0.3 is 0 Å². The van der Waals surface area contributed by atoms with E-state index in [1.807, 2.05) is 25.1 Å². The van der Waals surface area contributed by atoms with Crippen LogP contribution in [0.1, 0.15) is 31.2 Å². The van der Waals surface area contributed by atoms with Gasteiger partial charge < -0.3 is 10.6 Å². The highest BCUT2D eigenvalue weighted by atomic mass is 35.5. The van der Waals surface area contributed by atoms with Gasteiger partial charge in [-0.25, -0.2) is 0 Å². The molecule has 0 unspecified atom stereocenters. The first-order valence-electron chi connectivity index (χ1n) is 6.92. The molecular weight excluding hydrogens is 260 g/mol. The summed E-state index contributed by atoms with van der Waals surface area (Å²) < 4.78 is 0. The number of nitrogens with one attached hydrogen (secondary N) is 2. The summed E-state index contributed by atoms with van der Waals surface area (Å²) in [6, 6.07) is 5.59. The van der Waals surface area contributed by atoms with E-state index in [1.165, 1.54) is 12.8 Å². The van der Waals surface area contributed by atoms with Gasteiger partial charge in [-0.3, -0.25) is 4.79 Å². The van der Waals surface area contributed by atoms with Crippen LogP contribution in [0.5, 0.6) is 0 Å². The Balaban J connectivity index is 1.82. The van der Waals surface area contributed by atoms with Crippen LogP contribution in [0.25, 0.3) is 0 Å². The van der Waals surface area contributed by atoms with Gasteiger partial charge in [0.25, 0.3) is 0 Å². The van der Waals surface area contributed by atoms with Crippen LogP contribution < -0.4 is 10.6 Å². The second kappa shape index (κ2) is 6.92. The van der Waals surface area contributed by atoms with Crippen LogP contribution in [-0.4, -0.2) is 19.0 Å². The van der Waals surface area contributed by atoms with Crippen LogP contribution in [0, 0.1) is 12.8 Å². The number of hydrogen-bond acceptors (Lipinski definition) is 2. The van der Waals surface area contributed by atoms with Crippen LogP contribution in [0.3, 0.4) is 0 Å². The molecule has 1 aromatic rings. The molecule has 0 bridgehead atoms. The van der Waals surface area contributed by atoms with Crippen LogP contribution in [0.4, 0.5) is 5.69 Å². The Morgan fingerprint density at radius 2 is 2.16 bits per heavy atom. The van der Waals surface area contributed by atoms with E-state index < -0.39 is 0 Å². The van der Waals surface area contributed by atoms with Crippen molar-refractivity contribution >= 4 is 23.2 Å². The molecule has 0 atom stereocenters. The normalized spacial score (nSPS) is 16.3. The standard InChI is InChI=1S/C15H21ClN2O/c1-11-13(16)3-2-4-14(11)18-15(19)6-5-12-7-9-17-10-8-12/h2-4,12,17H,5-10H2,1H3,(H,18,19). The lowest BCUT2D eigenvalue weighted by Crippen LogP contribution is -2.28. The van der Waals surface area contributed by atoms with Crippen LogP contribution in [0.15, 0.2) is 18.2 Å². The van der Waals surface area contributed by atoms with Gasteiger partial charge in [-0.2, -0.15) is 0 Å². The molecule has 1 fully saturated rings. The highest BCUT2D eigenvalue weighted by molar-refractivity contribution is 6.31. The van der Waals surface area contributed by atoms with Crippen LogP contribution in [-0.2, 0) is 4.79 Å². The minimum absolute atomic E-state index is 0.0869. The van der Waals surface area contributed by atoms with Crippen molar-refractivity contribution in [2.45, 2.75) is 32.6 Å². The van der Waals surface area contributed by atoms with Gasteiger partial charge in [-0.15, -0.1) is 0 Å². The first-order chi connectivity index (χ1) is 9.16. The number of rotatable bonds is 4. The number of carbonyl (C=O) groups excluding carboxylic acids is 1. The lowest BCUT2D eigenvalue weighted by molar-refractivity contribution is -0.116. The average Bonchev–Trinajstić information content (AvgIpc) is 2.43. The SMILES string of the molecule is Cc1c(Cl)cccc1NC(=O)CCC1CCNCC1. The third kappa shape index (κ3) is 4.22. The van der Waals surface area contributed by atoms with E-state index in [0.29, 0.717) is 17.4 Å². The fourth-order valence-corrected chi connectivity index (χ4v) is 2.64. The largest absolute Gasteiger partial charge is 0.326 e. The molecular formula is C15H21ClN2O. The van der Waals surface area contributed by atoms with Crippen LogP contribution in [0.2, 0.25) is 5.02 Å². The third-order valence-electron chi connectivity index (χ3n) is 3.78. The van der Waals surface area contributed by atoms with Crippen molar-refractivity contribution in [3.8, 4) is 0 Å². The van der Waals surface area contributed by atoms with Gasteiger partial charge in [0.1, 0.15) is 0 Å². The molecule has 3 nitrogen and oxygen atoms in total. The lowest BCUT2D eigenvalue weighted by Gasteiger charge is -2.22. The van der Waals surface area contributed by atoms with Gasteiger partial charge in [0.05, 0.1) is 0 Å². The predicted octanol–water partition coefficient (Wildman–Crippen LogP) is 3.37. The van der Waals surface area contributed by atoms with Gasteiger partial charge in [0, 0.05) is 17.1 Å². The average molecular weight is 281 g/mol. The van der Waals surface area contributed by atoms with E-state index in [1.54, 1.807) is 0 Å². The van der Waals surface area contributed by atoms with Crippen molar-refractivity contribution in [1.82, 2.24) is 5.32 Å².